The molecule has 3 heterocycles. The summed E-state index contributed by atoms with van der Waals surface area (Å²) in [7, 11) is 1.79. The summed E-state index contributed by atoms with van der Waals surface area (Å²) in [6.45, 7) is 15.2. The van der Waals surface area contributed by atoms with Crippen molar-refractivity contribution in [3.63, 3.8) is 0 Å². The van der Waals surface area contributed by atoms with Crippen molar-refractivity contribution in [3.05, 3.63) is 72.1 Å². The Labute approximate surface area is 194 Å². The van der Waals surface area contributed by atoms with E-state index in [1.807, 2.05) is 42.2 Å². The standard InChI is InChI=1S/C20H22N4.C6H11F2N/c1-6-16-11-22-24-8-7-17(10-19(16)24)14(4)18-12-21-20(9-13(2)3)23-15(18)5;1-9-4-5-2-6(7,8)3-5/h6-8,10-13H,1,4,9H2,2-3,5H3;5,9H,2-4H2,1H3. The van der Waals surface area contributed by atoms with Crippen LogP contribution in [0.4, 0.5) is 8.78 Å². The van der Waals surface area contributed by atoms with Gasteiger partial charge in [-0.25, -0.2) is 23.3 Å². The number of hydrogen-bond donors (Lipinski definition) is 1. The molecule has 0 unspecified atom stereocenters. The number of nitrogens with one attached hydrogen (secondary N) is 1. The van der Waals surface area contributed by atoms with E-state index >= 15 is 0 Å². The Kier molecular flexibility index (Phi) is 7.74. The first-order valence-corrected chi connectivity index (χ1v) is 11.3. The Balaban J connectivity index is 0.000000286. The first-order chi connectivity index (χ1) is 15.6. The van der Waals surface area contributed by atoms with E-state index in [2.05, 4.69) is 53.5 Å². The number of hydrogen-bond acceptors (Lipinski definition) is 4. The maximum Gasteiger partial charge on any atom is 0.248 e. The molecule has 176 valence electrons. The van der Waals surface area contributed by atoms with Crippen LogP contribution in [0.25, 0.3) is 17.2 Å². The van der Waals surface area contributed by atoms with Crippen molar-refractivity contribution in [2.45, 2.75) is 46.0 Å². The lowest BCUT2D eigenvalue weighted by molar-refractivity contribution is -0.108. The van der Waals surface area contributed by atoms with Crippen LogP contribution in [0.3, 0.4) is 0 Å². The van der Waals surface area contributed by atoms with E-state index in [1.54, 1.807) is 7.05 Å². The van der Waals surface area contributed by atoms with Gasteiger partial charge in [0.15, 0.2) is 0 Å². The van der Waals surface area contributed by atoms with Crippen molar-refractivity contribution in [1.82, 2.24) is 24.9 Å². The van der Waals surface area contributed by atoms with Crippen molar-refractivity contribution in [2.75, 3.05) is 13.6 Å². The molecule has 0 aliphatic heterocycles. The fourth-order valence-corrected chi connectivity index (χ4v) is 3.99. The molecule has 0 radical (unpaired) electrons. The van der Waals surface area contributed by atoms with Crippen LogP contribution in [0.15, 0.2) is 43.9 Å². The Morgan fingerprint density at radius 3 is 2.64 bits per heavy atom. The highest BCUT2D eigenvalue weighted by Gasteiger charge is 2.44. The first-order valence-electron chi connectivity index (χ1n) is 11.3. The average Bonchev–Trinajstić information content (AvgIpc) is 3.15. The SMILES string of the molecule is C=Cc1cnn2ccc(C(=C)c3cnc(CC(C)C)nc3C)cc12.CNCC1CC(F)(F)C1. The lowest BCUT2D eigenvalue weighted by Gasteiger charge is -2.34. The zero-order chi connectivity index (χ0) is 24.2. The lowest BCUT2D eigenvalue weighted by atomic mass is 9.81. The molecule has 3 aromatic heterocycles. The normalized spacial score (nSPS) is 15.1. The van der Waals surface area contributed by atoms with Crippen LogP contribution in [0.1, 0.15) is 54.9 Å². The monoisotopic (exact) mass is 453 g/mol. The second-order valence-electron chi connectivity index (χ2n) is 9.10. The van der Waals surface area contributed by atoms with Crippen LogP contribution in [-0.4, -0.2) is 39.1 Å². The second-order valence-corrected chi connectivity index (χ2v) is 9.10. The summed E-state index contributed by atoms with van der Waals surface area (Å²) in [5, 5.41) is 7.18. The molecule has 1 aliphatic carbocycles. The molecule has 1 saturated carbocycles. The Hall–Kier alpha value is -2.93. The molecule has 1 fully saturated rings. The summed E-state index contributed by atoms with van der Waals surface area (Å²) in [5.41, 5.74) is 5.91. The molecule has 1 N–H and O–H groups in total. The van der Waals surface area contributed by atoms with Gasteiger partial charge in [0, 0.05) is 48.5 Å². The van der Waals surface area contributed by atoms with Gasteiger partial charge in [0.1, 0.15) is 5.82 Å². The van der Waals surface area contributed by atoms with E-state index in [4.69, 9.17) is 0 Å². The van der Waals surface area contributed by atoms with Crippen LogP contribution < -0.4 is 5.32 Å². The van der Waals surface area contributed by atoms with Gasteiger partial charge >= 0.3 is 0 Å². The number of pyridine rings is 1. The molecule has 0 spiro atoms. The van der Waals surface area contributed by atoms with Crippen LogP contribution in [0.2, 0.25) is 0 Å². The molecule has 0 atom stereocenters. The third kappa shape index (κ3) is 6.11. The molecular formula is C26H33F2N5. The molecule has 5 nitrogen and oxygen atoms in total. The highest BCUT2D eigenvalue weighted by Crippen LogP contribution is 2.41. The van der Waals surface area contributed by atoms with Gasteiger partial charge in [-0.2, -0.15) is 5.10 Å². The molecule has 3 aromatic rings. The Morgan fingerprint density at radius 2 is 2.06 bits per heavy atom. The minimum atomic E-state index is -2.35. The highest BCUT2D eigenvalue weighted by atomic mass is 19.3. The summed E-state index contributed by atoms with van der Waals surface area (Å²) >= 11 is 0. The molecule has 0 aromatic carbocycles. The summed E-state index contributed by atoms with van der Waals surface area (Å²) in [5.74, 6) is -0.703. The number of halogens is 2. The fourth-order valence-electron chi connectivity index (χ4n) is 3.99. The van der Waals surface area contributed by atoms with Gasteiger partial charge in [0.2, 0.25) is 5.92 Å². The second kappa shape index (κ2) is 10.3. The van der Waals surface area contributed by atoms with Gasteiger partial charge in [-0.05, 0) is 55.6 Å². The largest absolute Gasteiger partial charge is 0.319 e. The summed E-state index contributed by atoms with van der Waals surface area (Å²) in [4.78, 5) is 9.15. The minimum absolute atomic E-state index is 0.0772. The van der Waals surface area contributed by atoms with E-state index < -0.39 is 5.92 Å². The molecule has 0 bridgehead atoms. The molecule has 4 rings (SSSR count). The van der Waals surface area contributed by atoms with E-state index in [9.17, 15) is 8.78 Å². The minimum Gasteiger partial charge on any atom is -0.319 e. The Morgan fingerprint density at radius 1 is 1.33 bits per heavy atom. The highest BCUT2D eigenvalue weighted by molar-refractivity contribution is 5.82. The predicted molar refractivity (Wildman–Crippen MR) is 130 cm³/mol. The number of aryl methyl sites for hydroxylation is 1. The van der Waals surface area contributed by atoms with Crippen LogP contribution in [0.5, 0.6) is 0 Å². The number of rotatable bonds is 7. The zero-order valence-corrected chi connectivity index (χ0v) is 19.9. The molecule has 7 heteroatoms. The molecule has 1 aliphatic rings. The van der Waals surface area contributed by atoms with Gasteiger partial charge in [0.05, 0.1) is 11.7 Å². The smallest absolute Gasteiger partial charge is 0.248 e. The van der Waals surface area contributed by atoms with Crippen molar-refractivity contribution >= 4 is 17.2 Å². The van der Waals surface area contributed by atoms with Gasteiger partial charge in [-0.1, -0.05) is 33.1 Å². The van der Waals surface area contributed by atoms with E-state index in [0.717, 1.165) is 52.3 Å². The third-order valence-corrected chi connectivity index (χ3v) is 5.73. The van der Waals surface area contributed by atoms with Crippen LogP contribution >= 0.6 is 0 Å². The number of fused-ring (bicyclic) bond motifs is 1. The van der Waals surface area contributed by atoms with E-state index in [0.29, 0.717) is 5.92 Å². The van der Waals surface area contributed by atoms with Crippen molar-refractivity contribution in [3.8, 4) is 0 Å². The third-order valence-electron chi connectivity index (χ3n) is 5.73. The van der Waals surface area contributed by atoms with Crippen molar-refractivity contribution in [1.29, 1.82) is 0 Å². The quantitative estimate of drug-likeness (QED) is 0.507. The predicted octanol–water partition coefficient (Wildman–Crippen LogP) is 5.59. The summed E-state index contributed by atoms with van der Waals surface area (Å²) < 4.78 is 26.0. The Bertz CT molecular complexity index is 1120. The molecule has 0 amide bonds. The maximum absolute atomic E-state index is 12.1. The molecule has 33 heavy (non-hydrogen) atoms. The van der Waals surface area contributed by atoms with Gasteiger partial charge in [-0.3, -0.25) is 0 Å². The zero-order valence-electron chi connectivity index (χ0n) is 19.9. The van der Waals surface area contributed by atoms with Crippen molar-refractivity contribution in [2.24, 2.45) is 11.8 Å². The topological polar surface area (TPSA) is 55.1 Å². The first kappa shape index (κ1) is 24.7. The number of aromatic nitrogens is 4. The maximum atomic E-state index is 12.1. The molecular weight excluding hydrogens is 420 g/mol. The van der Waals surface area contributed by atoms with E-state index in [-0.39, 0.29) is 18.8 Å². The number of nitrogens with zero attached hydrogens (tertiary/aromatic N) is 4. The van der Waals surface area contributed by atoms with Gasteiger partial charge < -0.3 is 5.32 Å². The average molecular weight is 454 g/mol. The summed E-state index contributed by atoms with van der Waals surface area (Å²) in [6, 6.07) is 4.09. The molecule has 0 saturated heterocycles. The van der Waals surface area contributed by atoms with Crippen LogP contribution in [-0.2, 0) is 6.42 Å². The lowest BCUT2D eigenvalue weighted by Crippen LogP contribution is -2.40. The van der Waals surface area contributed by atoms with E-state index in [1.165, 1.54) is 0 Å². The van der Waals surface area contributed by atoms with Gasteiger partial charge in [0.25, 0.3) is 0 Å². The summed E-state index contributed by atoms with van der Waals surface area (Å²) in [6.07, 6.45) is 8.48. The van der Waals surface area contributed by atoms with Crippen LogP contribution in [0, 0.1) is 18.8 Å². The number of alkyl halides is 2. The fraction of sp³-hybridized carbons (Fsp3) is 0.423. The van der Waals surface area contributed by atoms with Gasteiger partial charge in [-0.15, -0.1) is 0 Å². The van der Waals surface area contributed by atoms with Crippen molar-refractivity contribution < 1.29 is 8.78 Å².